The van der Waals surface area contributed by atoms with Crippen LogP contribution in [0.4, 0.5) is 4.79 Å². The van der Waals surface area contributed by atoms with Crippen molar-refractivity contribution in [2.24, 2.45) is 0 Å². The smallest absolute Gasteiger partial charge is 0.407 e. The summed E-state index contributed by atoms with van der Waals surface area (Å²) >= 11 is 0. The highest BCUT2D eigenvalue weighted by Crippen LogP contribution is 2.29. The molecule has 0 saturated carbocycles. The fraction of sp³-hybridized carbons (Fsp3) is 0.923. The van der Waals surface area contributed by atoms with E-state index in [1.165, 1.54) is 0 Å². The summed E-state index contributed by atoms with van der Waals surface area (Å²) in [5.41, 5.74) is -0.486. The maximum absolute atomic E-state index is 11.5. The number of hydrogen-bond donors (Lipinski definition) is 1. The van der Waals surface area contributed by atoms with E-state index in [1.54, 1.807) is 0 Å². The minimum Gasteiger partial charge on any atom is -0.444 e. The van der Waals surface area contributed by atoms with Crippen LogP contribution in [0, 0.1) is 0 Å². The lowest BCUT2D eigenvalue weighted by Gasteiger charge is -2.21. The Bertz CT molecular complexity index is 296. The van der Waals surface area contributed by atoms with E-state index >= 15 is 0 Å². The van der Waals surface area contributed by atoms with Crippen LogP contribution in [0.15, 0.2) is 0 Å². The lowest BCUT2D eigenvalue weighted by molar-refractivity contribution is -0.146. The number of nitrogens with one attached hydrogen (secondary N) is 1. The first-order valence-electron chi connectivity index (χ1n) is 6.45. The second-order valence-electron chi connectivity index (χ2n) is 6.00. The van der Waals surface area contributed by atoms with Gasteiger partial charge < -0.3 is 19.5 Å². The van der Waals surface area contributed by atoms with Crippen molar-refractivity contribution in [1.82, 2.24) is 5.32 Å². The Labute approximate surface area is 109 Å². The van der Waals surface area contributed by atoms with E-state index in [2.05, 4.69) is 5.32 Å². The van der Waals surface area contributed by atoms with Crippen LogP contribution in [-0.2, 0) is 14.2 Å². The third-order valence-electron chi connectivity index (χ3n) is 2.53. The van der Waals surface area contributed by atoms with Crippen molar-refractivity contribution in [3.05, 3.63) is 0 Å². The molecular weight excluding hydrogens is 234 g/mol. The number of alkyl carbamates (subject to hydrolysis) is 1. The number of hydrogen-bond acceptors (Lipinski definition) is 4. The molecule has 1 amide bonds. The number of ether oxygens (including phenoxy) is 3. The maximum Gasteiger partial charge on any atom is 0.407 e. The van der Waals surface area contributed by atoms with E-state index in [-0.39, 0.29) is 12.2 Å². The summed E-state index contributed by atoms with van der Waals surface area (Å²) < 4.78 is 16.6. The Morgan fingerprint density at radius 2 is 1.83 bits per heavy atom. The summed E-state index contributed by atoms with van der Waals surface area (Å²) in [4.78, 5) is 11.5. The molecule has 1 fully saturated rings. The van der Waals surface area contributed by atoms with Crippen LogP contribution in [0.1, 0.15) is 48.0 Å². The highest BCUT2D eigenvalue weighted by Gasteiger charge is 2.40. The monoisotopic (exact) mass is 259 g/mol. The molecule has 0 aromatic carbocycles. The van der Waals surface area contributed by atoms with Gasteiger partial charge in [-0.05, 0) is 41.0 Å². The molecule has 1 N–H and O–H groups in total. The van der Waals surface area contributed by atoms with E-state index in [0.717, 1.165) is 6.42 Å². The second-order valence-corrected chi connectivity index (χ2v) is 6.00. The van der Waals surface area contributed by atoms with Gasteiger partial charge >= 0.3 is 6.09 Å². The van der Waals surface area contributed by atoms with Crippen molar-refractivity contribution in [1.29, 1.82) is 0 Å². The zero-order valence-corrected chi connectivity index (χ0v) is 12.2. The molecule has 0 radical (unpaired) electrons. The van der Waals surface area contributed by atoms with Crippen molar-refractivity contribution < 1.29 is 19.0 Å². The van der Waals surface area contributed by atoms with E-state index in [1.807, 2.05) is 41.5 Å². The molecule has 5 heteroatoms. The van der Waals surface area contributed by atoms with Crippen molar-refractivity contribution >= 4 is 6.09 Å². The molecule has 1 saturated heterocycles. The predicted molar refractivity (Wildman–Crippen MR) is 68.4 cm³/mol. The minimum absolute atomic E-state index is 0.00920. The van der Waals surface area contributed by atoms with Crippen molar-refractivity contribution in [2.75, 3.05) is 6.54 Å². The Kier molecular flexibility index (Phi) is 4.61. The molecule has 2 atom stereocenters. The van der Waals surface area contributed by atoms with Gasteiger partial charge in [0.05, 0.1) is 6.10 Å². The maximum atomic E-state index is 11.5. The van der Waals surface area contributed by atoms with E-state index in [9.17, 15) is 4.79 Å². The number of carbonyl (C=O) groups excluding carboxylic acids is 1. The highest BCUT2D eigenvalue weighted by molar-refractivity contribution is 5.67. The average Bonchev–Trinajstić information content (AvgIpc) is 2.47. The van der Waals surface area contributed by atoms with Crippen molar-refractivity contribution in [2.45, 2.75) is 71.6 Å². The van der Waals surface area contributed by atoms with Gasteiger partial charge in [0.1, 0.15) is 11.7 Å². The number of amides is 1. The van der Waals surface area contributed by atoms with E-state index in [0.29, 0.717) is 6.54 Å². The Balaban J connectivity index is 2.41. The summed E-state index contributed by atoms with van der Waals surface area (Å²) in [7, 11) is 0. The highest BCUT2D eigenvalue weighted by atomic mass is 16.8. The normalized spacial score (nSPS) is 27.0. The van der Waals surface area contributed by atoms with Gasteiger partial charge in [0.2, 0.25) is 0 Å². The quantitative estimate of drug-likeness (QED) is 0.845. The van der Waals surface area contributed by atoms with Crippen LogP contribution in [0.5, 0.6) is 0 Å². The molecule has 0 aromatic rings. The van der Waals surface area contributed by atoms with E-state index < -0.39 is 17.5 Å². The molecule has 0 bridgehead atoms. The predicted octanol–water partition coefficient (Wildman–Crippen LogP) is 2.44. The van der Waals surface area contributed by atoms with Crippen LogP contribution >= 0.6 is 0 Å². The third-order valence-corrected chi connectivity index (χ3v) is 2.53. The van der Waals surface area contributed by atoms with Gasteiger partial charge in [0.15, 0.2) is 5.79 Å². The Hall–Kier alpha value is -0.810. The molecule has 0 unspecified atom stereocenters. The summed E-state index contributed by atoms with van der Waals surface area (Å²) in [6, 6.07) is 0. The van der Waals surface area contributed by atoms with Crippen molar-refractivity contribution in [3.63, 3.8) is 0 Å². The molecule has 5 nitrogen and oxygen atoms in total. The summed E-state index contributed by atoms with van der Waals surface area (Å²) in [6.45, 7) is 11.7. The third kappa shape index (κ3) is 4.82. The van der Waals surface area contributed by atoms with Gasteiger partial charge in [0, 0.05) is 6.54 Å². The zero-order valence-electron chi connectivity index (χ0n) is 12.2. The van der Waals surface area contributed by atoms with E-state index in [4.69, 9.17) is 14.2 Å². The van der Waals surface area contributed by atoms with Crippen LogP contribution in [0.3, 0.4) is 0 Å². The lowest BCUT2D eigenvalue weighted by Crippen LogP contribution is -2.40. The average molecular weight is 259 g/mol. The Morgan fingerprint density at radius 1 is 1.28 bits per heavy atom. The molecule has 1 rings (SSSR count). The number of rotatable bonds is 3. The first-order chi connectivity index (χ1) is 8.13. The summed E-state index contributed by atoms with van der Waals surface area (Å²) in [6.07, 6.45) is 0.308. The van der Waals surface area contributed by atoms with Gasteiger partial charge in [-0.3, -0.25) is 0 Å². The van der Waals surface area contributed by atoms with Crippen molar-refractivity contribution in [3.8, 4) is 0 Å². The largest absolute Gasteiger partial charge is 0.444 e. The standard InChI is InChI=1S/C13H25NO4/c1-7-9-10(17-13(5,6)16-9)8-14-11(15)18-12(2,3)4/h9-10H,7-8H2,1-6H3,(H,14,15)/t9-,10-/m0/s1. The van der Waals surface area contributed by atoms with Crippen LogP contribution in [0.25, 0.3) is 0 Å². The molecule has 1 aliphatic rings. The van der Waals surface area contributed by atoms with Crippen LogP contribution < -0.4 is 5.32 Å². The lowest BCUT2D eigenvalue weighted by atomic mass is 10.1. The van der Waals surface area contributed by atoms with Gasteiger partial charge in [-0.15, -0.1) is 0 Å². The van der Waals surface area contributed by atoms with Gasteiger partial charge in [-0.1, -0.05) is 6.92 Å². The van der Waals surface area contributed by atoms with Gasteiger partial charge in [0.25, 0.3) is 0 Å². The summed E-state index contributed by atoms with van der Waals surface area (Å²) in [5.74, 6) is -0.582. The molecule has 1 aliphatic heterocycles. The Morgan fingerprint density at radius 3 is 2.33 bits per heavy atom. The van der Waals surface area contributed by atoms with Gasteiger partial charge in [-0.2, -0.15) is 0 Å². The molecule has 106 valence electrons. The molecular formula is C13H25NO4. The fourth-order valence-electron chi connectivity index (χ4n) is 1.93. The molecule has 0 spiro atoms. The molecule has 0 aliphatic carbocycles. The fourth-order valence-corrected chi connectivity index (χ4v) is 1.93. The minimum atomic E-state index is -0.582. The second kappa shape index (κ2) is 5.45. The topological polar surface area (TPSA) is 56.8 Å². The van der Waals surface area contributed by atoms with Gasteiger partial charge in [-0.25, -0.2) is 4.79 Å². The van der Waals surface area contributed by atoms with Crippen LogP contribution in [0.2, 0.25) is 0 Å². The first kappa shape index (κ1) is 15.2. The molecule has 1 heterocycles. The molecule has 18 heavy (non-hydrogen) atoms. The summed E-state index contributed by atoms with van der Waals surface area (Å²) in [5, 5.41) is 2.72. The molecule has 0 aromatic heterocycles. The first-order valence-corrected chi connectivity index (χ1v) is 6.45. The zero-order chi connectivity index (χ0) is 14.0. The number of carbonyl (C=O) groups is 1. The van der Waals surface area contributed by atoms with Crippen LogP contribution in [-0.4, -0.2) is 36.2 Å². The SMILES string of the molecule is CC[C@@H]1OC(C)(C)O[C@H]1CNC(=O)OC(C)(C)C.